The molecule has 2 aliphatic rings. The van der Waals surface area contributed by atoms with Crippen molar-refractivity contribution in [1.29, 1.82) is 0 Å². The molecule has 1 aromatic heterocycles. The minimum atomic E-state index is -0.271. The lowest BCUT2D eigenvalue weighted by Gasteiger charge is -2.24. The molecule has 6 nitrogen and oxygen atoms in total. The van der Waals surface area contributed by atoms with Crippen molar-refractivity contribution in [3.8, 4) is 0 Å². The van der Waals surface area contributed by atoms with E-state index in [1.54, 1.807) is 10.7 Å². The Morgan fingerprint density at radius 1 is 1.33 bits per heavy atom. The van der Waals surface area contributed by atoms with Crippen LogP contribution in [0.1, 0.15) is 46.9 Å². The zero-order chi connectivity index (χ0) is 18.6. The number of thioether (sulfide) groups is 1. The number of carbonyl (C=O) groups is 1. The summed E-state index contributed by atoms with van der Waals surface area (Å²) in [5.41, 5.74) is 2.12. The summed E-state index contributed by atoms with van der Waals surface area (Å²) < 4.78 is 15.3. The number of aromatic nitrogens is 3. The second kappa shape index (κ2) is 8.39. The van der Waals surface area contributed by atoms with E-state index in [9.17, 15) is 9.18 Å². The fourth-order valence-corrected chi connectivity index (χ4v) is 4.96. The van der Waals surface area contributed by atoms with E-state index in [4.69, 9.17) is 0 Å². The molecule has 1 amide bonds. The largest absolute Gasteiger partial charge is 0.347 e. The van der Waals surface area contributed by atoms with Crippen molar-refractivity contribution in [3.05, 3.63) is 47.0 Å². The molecule has 2 fully saturated rings. The lowest BCUT2D eigenvalue weighted by molar-refractivity contribution is 0.0934. The van der Waals surface area contributed by atoms with Crippen molar-refractivity contribution in [3.63, 3.8) is 0 Å². The zero-order valence-electron chi connectivity index (χ0n) is 15.2. The van der Waals surface area contributed by atoms with Crippen molar-refractivity contribution >= 4 is 17.7 Å². The Kier molecular flexibility index (Phi) is 5.73. The van der Waals surface area contributed by atoms with Crippen LogP contribution in [0.2, 0.25) is 0 Å². The van der Waals surface area contributed by atoms with Crippen LogP contribution >= 0.6 is 11.8 Å². The molecule has 4 rings (SSSR count). The molecule has 0 spiro atoms. The number of nitrogens with one attached hydrogen (secondary N) is 2. The summed E-state index contributed by atoms with van der Waals surface area (Å²) in [5.74, 6) is 1.85. The highest BCUT2D eigenvalue weighted by Gasteiger charge is 2.29. The fraction of sp³-hybridized carbons (Fsp3) is 0.526. The van der Waals surface area contributed by atoms with Gasteiger partial charge in [0, 0.05) is 17.7 Å². The highest BCUT2D eigenvalue weighted by Crippen LogP contribution is 2.28. The summed E-state index contributed by atoms with van der Waals surface area (Å²) in [6.07, 6.45) is 2.88. The summed E-state index contributed by atoms with van der Waals surface area (Å²) in [5, 5.41) is 15.0. The summed E-state index contributed by atoms with van der Waals surface area (Å²) in [7, 11) is 0. The Hall–Kier alpha value is -1.93. The number of hydrogen-bond acceptors (Lipinski definition) is 5. The molecule has 3 heterocycles. The van der Waals surface area contributed by atoms with Crippen molar-refractivity contribution < 1.29 is 9.18 Å². The number of nitrogens with zero attached hydrogens (tertiary/aromatic N) is 3. The van der Waals surface area contributed by atoms with Gasteiger partial charge in [0.15, 0.2) is 5.69 Å². The second-order valence-corrected chi connectivity index (χ2v) is 8.32. The van der Waals surface area contributed by atoms with Crippen molar-refractivity contribution in [2.75, 3.05) is 24.6 Å². The van der Waals surface area contributed by atoms with E-state index in [-0.39, 0.29) is 23.7 Å². The number of rotatable bonds is 5. The quantitative estimate of drug-likeness (QED) is 0.820. The highest BCUT2D eigenvalue weighted by molar-refractivity contribution is 7.99. The van der Waals surface area contributed by atoms with Gasteiger partial charge in [0.05, 0.1) is 12.2 Å². The van der Waals surface area contributed by atoms with Crippen LogP contribution in [0.5, 0.6) is 0 Å². The van der Waals surface area contributed by atoms with Crippen LogP contribution in [-0.2, 0) is 6.54 Å². The number of piperidine rings is 1. The number of carbonyl (C=O) groups excluding carboxylic acids is 1. The molecule has 1 unspecified atom stereocenters. The maximum Gasteiger partial charge on any atom is 0.274 e. The van der Waals surface area contributed by atoms with E-state index in [2.05, 4.69) is 20.9 Å². The van der Waals surface area contributed by atoms with Crippen LogP contribution in [0.3, 0.4) is 0 Å². The average molecular weight is 390 g/mol. The predicted octanol–water partition coefficient (Wildman–Crippen LogP) is 2.17. The van der Waals surface area contributed by atoms with E-state index in [1.807, 2.05) is 17.8 Å². The van der Waals surface area contributed by atoms with Crippen molar-refractivity contribution in [1.82, 2.24) is 25.6 Å². The monoisotopic (exact) mass is 389 g/mol. The van der Waals surface area contributed by atoms with Crippen molar-refractivity contribution in [2.24, 2.45) is 0 Å². The van der Waals surface area contributed by atoms with E-state index in [0.717, 1.165) is 55.1 Å². The minimum Gasteiger partial charge on any atom is -0.347 e. The van der Waals surface area contributed by atoms with Crippen LogP contribution < -0.4 is 10.6 Å². The Labute approximate surface area is 162 Å². The molecule has 0 bridgehead atoms. The second-order valence-electron chi connectivity index (χ2n) is 7.17. The van der Waals surface area contributed by atoms with Crippen LogP contribution in [0.4, 0.5) is 4.39 Å². The first-order valence-electron chi connectivity index (χ1n) is 9.48. The van der Waals surface area contributed by atoms with Gasteiger partial charge in [-0.05, 0) is 55.8 Å². The third-order valence-electron chi connectivity index (χ3n) is 5.20. The van der Waals surface area contributed by atoms with E-state index in [0.29, 0.717) is 12.2 Å². The SMILES string of the molecule is O=C(NC1CCSC1)c1nnn(Cc2cccc(F)c2)c1C1CCNCC1. The predicted molar refractivity (Wildman–Crippen MR) is 104 cm³/mol. The van der Waals surface area contributed by atoms with Gasteiger partial charge in [0.2, 0.25) is 0 Å². The molecule has 2 N–H and O–H groups in total. The van der Waals surface area contributed by atoms with Gasteiger partial charge in [-0.1, -0.05) is 17.3 Å². The number of halogens is 1. The molecule has 2 aromatic rings. The molecular weight excluding hydrogens is 365 g/mol. The van der Waals surface area contributed by atoms with Crippen molar-refractivity contribution in [2.45, 2.75) is 37.8 Å². The molecule has 1 aromatic carbocycles. The Morgan fingerprint density at radius 3 is 2.93 bits per heavy atom. The van der Waals surface area contributed by atoms with Gasteiger partial charge in [-0.3, -0.25) is 4.79 Å². The summed E-state index contributed by atoms with van der Waals surface area (Å²) in [6, 6.07) is 6.70. The fourth-order valence-electron chi connectivity index (χ4n) is 3.81. The molecule has 0 aliphatic carbocycles. The number of hydrogen-bond donors (Lipinski definition) is 2. The van der Waals surface area contributed by atoms with Gasteiger partial charge in [0.1, 0.15) is 5.82 Å². The van der Waals surface area contributed by atoms with Gasteiger partial charge in [-0.2, -0.15) is 11.8 Å². The highest BCUT2D eigenvalue weighted by atomic mass is 32.2. The van der Waals surface area contributed by atoms with Gasteiger partial charge in [-0.25, -0.2) is 9.07 Å². The first kappa shape index (κ1) is 18.4. The lowest BCUT2D eigenvalue weighted by atomic mass is 9.92. The van der Waals surface area contributed by atoms with E-state index >= 15 is 0 Å². The number of benzene rings is 1. The third-order valence-corrected chi connectivity index (χ3v) is 6.36. The summed E-state index contributed by atoms with van der Waals surface area (Å²) in [6.45, 7) is 2.24. The van der Waals surface area contributed by atoms with Gasteiger partial charge in [0.25, 0.3) is 5.91 Å². The smallest absolute Gasteiger partial charge is 0.274 e. The summed E-state index contributed by atoms with van der Waals surface area (Å²) >= 11 is 1.86. The molecule has 8 heteroatoms. The maximum atomic E-state index is 13.6. The molecule has 27 heavy (non-hydrogen) atoms. The molecule has 2 saturated heterocycles. The maximum absolute atomic E-state index is 13.6. The molecule has 0 radical (unpaired) electrons. The van der Waals surface area contributed by atoms with Crippen LogP contribution in [-0.4, -0.2) is 51.5 Å². The van der Waals surface area contributed by atoms with Gasteiger partial charge in [-0.15, -0.1) is 5.10 Å². The zero-order valence-corrected chi connectivity index (χ0v) is 16.0. The number of amides is 1. The van der Waals surface area contributed by atoms with E-state index < -0.39 is 0 Å². The van der Waals surface area contributed by atoms with E-state index in [1.165, 1.54) is 12.1 Å². The summed E-state index contributed by atoms with van der Waals surface area (Å²) in [4.78, 5) is 12.9. The average Bonchev–Trinajstić information content (AvgIpc) is 3.32. The normalized spacial score (nSPS) is 20.7. The standard InChI is InChI=1S/C19H24FN5OS/c20-15-3-1-2-13(10-15)11-25-18(14-4-7-21-8-5-14)17(23-24-25)19(26)22-16-6-9-27-12-16/h1-3,10,14,16,21H,4-9,11-12H2,(H,22,26). The van der Waals surface area contributed by atoms with Crippen LogP contribution in [0, 0.1) is 5.82 Å². The minimum absolute atomic E-state index is 0.137. The molecule has 144 valence electrons. The Morgan fingerprint density at radius 2 is 2.19 bits per heavy atom. The lowest BCUT2D eigenvalue weighted by Crippen LogP contribution is -2.36. The van der Waals surface area contributed by atoms with Crippen LogP contribution in [0.15, 0.2) is 24.3 Å². The van der Waals surface area contributed by atoms with Crippen LogP contribution in [0.25, 0.3) is 0 Å². The first-order valence-corrected chi connectivity index (χ1v) is 10.6. The third kappa shape index (κ3) is 4.32. The van der Waals surface area contributed by atoms with Gasteiger partial charge < -0.3 is 10.6 Å². The Balaban J connectivity index is 1.61. The topological polar surface area (TPSA) is 71.8 Å². The Bertz CT molecular complexity index is 799. The molecule has 2 aliphatic heterocycles. The first-order chi connectivity index (χ1) is 13.2. The molecular formula is C19H24FN5OS. The molecule has 0 saturated carbocycles. The molecule has 1 atom stereocenters. The van der Waals surface area contributed by atoms with Gasteiger partial charge >= 0.3 is 0 Å².